The van der Waals surface area contributed by atoms with Gasteiger partial charge in [-0.15, -0.1) is 0 Å². The van der Waals surface area contributed by atoms with Gasteiger partial charge in [0.25, 0.3) is 5.91 Å². The first-order valence-electron chi connectivity index (χ1n) is 7.18. The fourth-order valence-corrected chi connectivity index (χ4v) is 2.71. The van der Waals surface area contributed by atoms with Crippen LogP contribution in [0.4, 0.5) is 5.69 Å². The summed E-state index contributed by atoms with van der Waals surface area (Å²) in [4.78, 5) is 21.2. The van der Waals surface area contributed by atoms with E-state index in [1.807, 2.05) is 6.92 Å². The zero-order valence-corrected chi connectivity index (χ0v) is 13.9. The Bertz CT molecular complexity index is 876. The highest BCUT2D eigenvalue weighted by molar-refractivity contribution is 6.32. The summed E-state index contributed by atoms with van der Waals surface area (Å²) in [5, 5.41) is 3.56. The Morgan fingerprint density at radius 2 is 2.13 bits per heavy atom. The molecule has 0 atom stereocenters. The number of amides is 1. The van der Waals surface area contributed by atoms with Crippen molar-refractivity contribution in [2.45, 2.75) is 19.8 Å². The number of carbonyl (C=O) groups is 1. The summed E-state index contributed by atoms with van der Waals surface area (Å²) in [6.45, 7) is 2.04. The molecule has 0 bridgehead atoms. The minimum atomic E-state index is -0.293. The third kappa shape index (κ3) is 3.16. The summed E-state index contributed by atoms with van der Waals surface area (Å²) < 4.78 is 1.70. The number of imidazole rings is 1. The minimum Gasteiger partial charge on any atom is -0.318 e. The highest BCUT2D eigenvalue weighted by Gasteiger charge is 2.20. The van der Waals surface area contributed by atoms with Crippen molar-refractivity contribution in [1.29, 1.82) is 0 Å². The summed E-state index contributed by atoms with van der Waals surface area (Å²) in [5.41, 5.74) is 2.33. The molecule has 0 aliphatic rings. The highest BCUT2D eigenvalue weighted by Crippen LogP contribution is 2.22. The molecule has 3 heterocycles. The molecule has 7 heteroatoms. The maximum Gasteiger partial charge on any atom is 0.274 e. The van der Waals surface area contributed by atoms with Gasteiger partial charge in [0, 0.05) is 12.4 Å². The van der Waals surface area contributed by atoms with Crippen molar-refractivity contribution >= 4 is 40.4 Å². The second-order valence-electron chi connectivity index (χ2n) is 5.03. The maximum absolute atomic E-state index is 12.7. The van der Waals surface area contributed by atoms with Gasteiger partial charge in [-0.1, -0.05) is 36.5 Å². The third-order valence-corrected chi connectivity index (χ3v) is 3.89. The van der Waals surface area contributed by atoms with E-state index in [1.54, 1.807) is 41.1 Å². The van der Waals surface area contributed by atoms with Gasteiger partial charge in [0.05, 0.1) is 16.4 Å². The van der Waals surface area contributed by atoms with Crippen LogP contribution in [0.5, 0.6) is 0 Å². The number of hydrogen-bond donors (Lipinski definition) is 1. The van der Waals surface area contributed by atoms with Crippen LogP contribution >= 0.6 is 23.2 Å². The first kappa shape index (κ1) is 15.8. The van der Waals surface area contributed by atoms with Gasteiger partial charge in [0.15, 0.2) is 5.15 Å². The molecular formula is C16H14Cl2N4O. The van der Waals surface area contributed by atoms with Crippen molar-refractivity contribution in [2.75, 3.05) is 5.32 Å². The maximum atomic E-state index is 12.7. The molecule has 0 fully saturated rings. The van der Waals surface area contributed by atoms with Crippen LogP contribution in [0.25, 0.3) is 5.65 Å². The number of pyridine rings is 2. The Labute approximate surface area is 143 Å². The molecule has 0 radical (unpaired) electrons. The molecule has 5 nitrogen and oxygen atoms in total. The largest absolute Gasteiger partial charge is 0.318 e. The van der Waals surface area contributed by atoms with Crippen LogP contribution in [0.1, 0.15) is 29.5 Å². The first-order valence-corrected chi connectivity index (χ1v) is 7.94. The van der Waals surface area contributed by atoms with Gasteiger partial charge < -0.3 is 5.32 Å². The van der Waals surface area contributed by atoms with Crippen LogP contribution in [-0.4, -0.2) is 20.3 Å². The summed E-state index contributed by atoms with van der Waals surface area (Å²) in [6.07, 6.45) is 4.83. The Morgan fingerprint density at radius 3 is 2.87 bits per heavy atom. The van der Waals surface area contributed by atoms with Crippen LogP contribution in [0, 0.1) is 0 Å². The summed E-state index contributed by atoms with van der Waals surface area (Å²) in [7, 11) is 0. The molecule has 118 valence electrons. The van der Waals surface area contributed by atoms with E-state index >= 15 is 0 Å². The zero-order valence-electron chi connectivity index (χ0n) is 12.4. The smallest absolute Gasteiger partial charge is 0.274 e. The molecule has 0 aromatic carbocycles. The monoisotopic (exact) mass is 348 g/mol. The van der Waals surface area contributed by atoms with Crippen molar-refractivity contribution < 1.29 is 4.79 Å². The molecule has 0 unspecified atom stereocenters. The minimum absolute atomic E-state index is 0.241. The summed E-state index contributed by atoms with van der Waals surface area (Å²) in [5.74, 6) is -0.293. The molecule has 0 saturated carbocycles. The predicted octanol–water partition coefficient (Wildman–Crippen LogP) is 4.24. The number of aryl methyl sites for hydroxylation is 1. The number of halogens is 2. The Hall–Kier alpha value is -2.11. The number of rotatable bonds is 4. The number of anilines is 1. The Morgan fingerprint density at radius 1 is 1.30 bits per heavy atom. The lowest BCUT2D eigenvalue weighted by atomic mass is 10.2. The van der Waals surface area contributed by atoms with E-state index in [0.717, 1.165) is 12.1 Å². The zero-order chi connectivity index (χ0) is 16.4. The van der Waals surface area contributed by atoms with Gasteiger partial charge in [-0.05, 0) is 30.7 Å². The number of nitrogens with one attached hydrogen (secondary N) is 1. The lowest BCUT2D eigenvalue weighted by molar-refractivity contribution is 0.102. The van der Waals surface area contributed by atoms with E-state index in [2.05, 4.69) is 15.3 Å². The predicted molar refractivity (Wildman–Crippen MR) is 91.4 cm³/mol. The van der Waals surface area contributed by atoms with Gasteiger partial charge >= 0.3 is 0 Å². The normalized spacial score (nSPS) is 10.9. The van der Waals surface area contributed by atoms with Crippen molar-refractivity contribution in [3.05, 3.63) is 58.2 Å². The second kappa shape index (κ2) is 6.56. The van der Waals surface area contributed by atoms with Crippen LogP contribution < -0.4 is 5.32 Å². The molecular weight excluding hydrogens is 335 g/mol. The standard InChI is InChI=1S/C16H14Cl2N4O/c1-2-4-11-14(22-9-10(17)6-7-13(22)20-11)16(23)21-12-5-3-8-19-15(12)18/h3,5-9H,2,4H2,1H3,(H,21,23). The van der Waals surface area contributed by atoms with E-state index in [-0.39, 0.29) is 11.1 Å². The van der Waals surface area contributed by atoms with E-state index in [9.17, 15) is 4.79 Å². The first-order chi connectivity index (χ1) is 11.1. The average Bonchev–Trinajstić information content (AvgIpc) is 2.87. The van der Waals surface area contributed by atoms with Crippen molar-refractivity contribution in [1.82, 2.24) is 14.4 Å². The molecule has 0 aliphatic heterocycles. The molecule has 23 heavy (non-hydrogen) atoms. The Kier molecular flexibility index (Phi) is 4.50. The van der Waals surface area contributed by atoms with Crippen molar-refractivity contribution in [3.8, 4) is 0 Å². The molecule has 0 saturated heterocycles. The van der Waals surface area contributed by atoms with Crippen LogP contribution in [0.2, 0.25) is 10.2 Å². The third-order valence-electron chi connectivity index (χ3n) is 3.36. The SMILES string of the molecule is CCCc1nc2ccc(Cl)cn2c1C(=O)Nc1cccnc1Cl. The second-order valence-corrected chi connectivity index (χ2v) is 5.82. The molecule has 1 amide bonds. The van der Waals surface area contributed by atoms with Crippen LogP contribution in [-0.2, 0) is 6.42 Å². The summed E-state index contributed by atoms with van der Waals surface area (Å²) >= 11 is 12.1. The van der Waals surface area contributed by atoms with E-state index in [1.165, 1.54) is 0 Å². The Balaban J connectivity index is 2.06. The summed E-state index contributed by atoms with van der Waals surface area (Å²) in [6, 6.07) is 6.94. The highest BCUT2D eigenvalue weighted by atomic mass is 35.5. The lowest BCUT2D eigenvalue weighted by Gasteiger charge is -2.08. The van der Waals surface area contributed by atoms with Gasteiger partial charge in [0.1, 0.15) is 11.3 Å². The number of hydrogen-bond acceptors (Lipinski definition) is 3. The lowest BCUT2D eigenvalue weighted by Crippen LogP contribution is -2.17. The van der Waals surface area contributed by atoms with E-state index < -0.39 is 0 Å². The van der Waals surface area contributed by atoms with E-state index in [4.69, 9.17) is 23.2 Å². The number of carbonyl (C=O) groups excluding carboxylic acids is 1. The van der Waals surface area contributed by atoms with Gasteiger partial charge in [-0.3, -0.25) is 9.20 Å². The van der Waals surface area contributed by atoms with Crippen molar-refractivity contribution in [2.24, 2.45) is 0 Å². The average molecular weight is 349 g/mol. The molecule has 3 aromatic rings. The number of fused-ring (bicyclic) bond motifs is 1. The number of nitrogens with zero attached hydrogens (tertiary/aromatic N) is 3. The molecule has 0 aliphatic carbocycles. The van der Waals surface area contributed by atoms with Gasteiger partial charge in [-0.25, -0.2) is 9.97 Å². The van der Waals surface area contributed by atoms with Gasteiger partial charge in [0.2, 0.25) is 0 Å². The van der Waals surface area contributed by atoms with Gasteiger partial charge in [-0.2, -0.15) is 0 Å². The van der Waals surface area contributed by atoms with Crippen molar-refractivity contribution in [3.63, 3.8) is 0 Å². The number of aromatic nitrogens is 3. The molecule has 3 rings (SSSR count). The van der Waals surface area contributed by atoms with E-state index in [0.29, 0.717) is 28.5 Å². The van der Waals surface area contributed by atoms with Crippen LogP contribution in [0.3, 0.4) is 0 Å². The fourth-order valence-electron chi connectivity index (χ4n) is 2.38. The fraction of sp³-hybridized carbons (Fsp3) is 0.188. The molecule has 3 aromatic heterocycles. The quantitative estimate of drug-likeness (QED) is 0.717. The molecule has 0 spiro atoms. The topological polar surface area (TPSA) is 59.3 Å². The molecule has 1 N–H and O–H groups in total. The van der Waals surface area contributed by atoms with Crippen LogP contribution in [0.15, 0.2) is 36.7 Å².